The van der Waals surface area contributed by atoms with E-state index in [2.05, 4.69) is 24.5 Å². The van der Waals surface area contributed by atoms with Crippen LogP contribution in [0.25, 0.3) is 0 Å². The molecule has 6 heteroatoms. The number of urea groups is 1. The average molecular weight is 317 g/mol. The van der Waals surface area contributed by atoms with E-state index in [0.29, 0.717) is 23.9 Å². The Hall–Kier alpha value is -1.33. The first-order valence-electron chi connectivity index (χ1n) is 7.03. The molecule has 0 heterocycles. The van der Waals surface area contributed by atoms with Crippen molar-refractivity contribution in [3.63, 3.8) is 0 Å². The number of amides is 2. The van der Waals surface area contributed by atoms with Gasteiger partial charge < -0.3 is 15.7 Å². The lowest BCUT2D eigenvalue weighted by molar-refractivity contribution is 0.231. The summed E-state index contributed by atoms with van der Waals surface area (Å²) in [5.41, 5.74) is 0.0440. The first kappa shape index (κ1) is 17.7. The lowest BCUT2D eigenvalue weighted by Gasteiger charge is -2.19. The molecule has 0 saturated carbocycles. The molecule has 0 bridgehead atoms. The molecule has 1 aromatic rings. The van der Waals surface area contributed by atoms with Crippen LogP contribution < -0.4 is 10.6 Å². The van der Waals surface area contributed by atoms with Crippen molar-refractivity contribution in [3.8, 4) is 0 Å². The van der Waals surface area contributed by atoms with Gasteiger partial charge in [-0.3, -0.25) is 0 Å². The highest BCUT2D eigenvalue weighted by atomic mass is 35.5. The maximum Gasteiger partial charge on any atom is 0.319 e. The van der Waals surface area contributed by atoms with E-state index >= 15 is 0 Å². The van der Waals surface area contributed by atoms with Crippen molar-refractivity contribution in [2.45, 2.75) is 26.7 Å². The van der Waals surface area contributed by atoms with Gasteiger partial charge in [-0.15, -0.1) is 0 Å². The van der Waals surface area contributed by atoms with Gasteiger partial charge in [0.25, 0.3) is 0 Å². The first-order chi connectivity index (χ1) is 9.92. The molecular formula is C15H22ClFN2O2. The van der Waals surface area contributed by atoms with Gasteiger partial charge in [-0.05, 0) is 42.9 Å². The molecule has 3 N–H and O–H groups in total. The number of nitrogens with one attached hydrogen (secondary N) is 2. The molecule has 0 spiro atoms. The van der Waals surface area contributed by atoms with Crippen molar-refractivity contribution in [3.05, 3.63) is 29.0 Å². The van der Waals surface area contributed by atoms with Crippen LogP contribution in [0.15, 0.2) is 18.2 Å². The Labute approximate surface area is 129 Å². The number of anilines is 1. The van der Waals surface area contributed by atoms with E-state index in [1.807, 2.05) is 0 Å². The highest BCUT2D eigenvalue weighted by Crippen LogP contribution is 2.19. The molecule has 0 aliphatic rings. The van der Waals surface area contributed by atoms with Gasteiger partial charge in [-0.25, -0.2) is 9.18 Å². The van der Waals surface area contributed by atoms with Crippen molar-refractivity contribution < 1.29 is 14.3 Å². The molecule has 0 aliphatic carbocycles. The van der Waals surface area contributed by atoms with E-state index in [4.69, 9.17) is 16.7 Å². The van der Waals surface area contributed by atoms with Crippen molar-refractivity contribution in [2.75, 3.05) is 18.5 Å². The molecule has 0 radical (unpaired) electrons. The third-order valence-corrected chi connectivity index (χ3v) is 3.31. The number of carbonyl (C=O) groups is 1. The number of carbonyl (C=O) groups excluding carboxylic acids is 1. The largest absolute Gasteiger partial charge is 0.396 e. The number of benzene rings is 1. The summed E-state index contributed by atoms with van der Waals surface area (Å²) in [6, 6.07) is 3.49. The second-order valence-electron chi connectivity index (χ2n) is 5.47. The lowest BCUT2D eigenvalue weighted by atomic mass is 9.94. The van der Waals surface area contributed by atoms with Gasteiger partial charge >= 0.3 is 6.03 Å². The normalized spacial score (nSPS) is 12.3. The Bertz CT molecular complexity index is 469. The van der Waals surface area contributed by atoms with Gasteiger partial charge in [0.2, 0.25) is 0 Å². The minimum Gasteiger partial charge on any atom is -0.396 e. The Morgan fingerprint density at radius 1 is 1.43 bits per heavy atom. The lowest BCUT2D eigenvalue weighted by Crippen LogP contribution is -2.34. The number of hydrogen-bond acceptors (Lipinski definition) is 2. The number of halogens is 2. The summed E-state index contributed by atoms with van der Waals surface area (Å²) in [6.45, 7) is 4.70. The van der Waals surface area contributed by atoms with E-state index in [0.717, 1.165) is 6.42 Å². The topological polar surface area (TPSA) is 61.4 Å². The van der Waals surface area contributed by atoms with Crippen molar-refractivity contribution in [2.24, 2.45) is 11.8 Å². The maximum atomic E-state index is 13.5. The molecule has 1 aromatic carbocycles. The van der Waals surface area contributed by atoms with Gasteiger partial charge in [0, 0.05) is 18.2 Å². The Balaban J connectivity index is 2.50. The van der Waals surface area contributed by atoms with Crippen LogP contribution in [0.3, 0.4) is 0 Å². The second kappa shape index (κ2) is 8.85. The summed E-state index contributed by atoms with van der Waals surface area (Å²) in [6.07, 6.45) is 1.54. The van der Waals surface area contributed by atoms with Gasteiger partial charge in [-0.1, -0.05) is 25.4 Å². The Morgan fingerprint density at radius 3 is 2.76 bits per heavy atom. The van der Waals surface area contributed by atoms with Crippen LogP contribution in [-0.2, 0) is 0 Å². The molecule has 0 aliphatic heterocycles. The maximum absolute atomic E-state index is 13.5. The Morgan fingerprint density at radius 2 is 2.14 bits per heavy atom. The van der Waals surface area contributed by atoms with Gasteiger partial charge in [0.05, 0.1) is 5.69 Å². The standard InChI is InChI=1S/C15H22ClFN2O2/c1-10(2)7-11(5-6-20)9-18-15(21)19-14-8-12(16)3-4-13(14)17/h3-4,8,10-11,20H,5-7,9H2,1-2H3,(H2,18,19,21). The van der Waals surface area contributed by atoms with Crippen LogP contribution in [0, 0.1) is 17.7 Å². The first-order valence-corrected chi connectivity index (χ1v) is 7.41. The summed E-state index contributed by atoms with van der Waals surface area (Å²) in [5, 5.41) is 14.5. The number of hydrogen-bond donors (Lipinski definition) is 3. The summed E-state index contributed by atoms with van der Waals surface area (Å²) in [7, 11) is 0. The highest BCUT2D eigenvalue weighted by molar-refractivity contribution is 6.30. The van der Waals surface area contributed by atoms with Gasteiger partial charge in [0.15, 0.2) is 0 Å². The van der Waals surface area contributed by atoms with Crippen LogP contribution in [0.5, 0.6) is 0 Å². The van der Waals surface area contributed by atoms with E-state index in [-0.39, 0.29) is 18.2 Å². The quantitative estimate of drug-likeness (QED) is 0.719. The zero-order valence-electron chi connectivity index (χ0n) is 12.3. The monoisotopic (exact) mass is 316 g/mol. The molecular weight excluding hydrogens is 295 g/mol. The molecule has 0 aromatic heterocycles. The summed E-state index contributed by atoms with van der Waals surface area (Å²) >= 11 is 5.76. The number of rotatable bonds is 7. The van der Waals surface area contributed by atoms with Gasteiger partial charge in [0.1, 0.15) is 5.82 Å². The smallest absolute Gasteiger partial charge is 0.319 e. The average Bonchev–Trinajstić information content (AvgIpc) is 2.40. The molecule has 1 rings (SSSR count). The summed E-state index contributed by atoms with van der Waals surface area (Å²) in [4.78, 5) is 11.8. The highest BCUT2D eigenvalue weighted by Gasteiger charge is 2.13. The van der Waals surface area contributed by atoms with Crippen LogP contribution in [0.1, 0.15) is 26.7 Å². The fourth-order valence-corrected chi connectivity index (χ4v) is 2.32. The van der Waals surface area contributed by atoms with E-state index in [1.54, 1.807) is 0 Å². The predicted octanol–water partition coefficient (Wildman–Crippen LogP) is 3.65. The molecule has 4 nitrogen and oxygen atoms in total. The van der Waals surface area contributed by atoms with Crippen LogP contribution in [0.2, 0.25) is 5.02 Å². The summed E-state index contributed by atoms with van der Waals surface area (Å²) in [5.74, 6) is 0.144. The van der Waals surface area contributed by atoms with Gasteiger partial charge in [-0.2, -0.15) is 0 Å². The number of aliphatic hydroxyl groups is 1. The fraction of sp³-hybridized carbons (Fsp3) is 0.533. The predicted molar refractivity (Wildman–Crippen MR) is 83.1 cm³/mol. The molecule has 2 amide bonds. The van der Waals surface area contributed by atoms with Crippen molar-refractivity contribution in [1.29, 1.82) is 0 Å². The van der Waals surface area contributed by atoms with E-state index in [9.17, 15) is 9.18 Å². The zero-order valence-corrected chi connectivity index (χ0v) is 13.1. The Kier molecular flexibility index (Phi) is 7.47. The second-order valence-corrected chi connectivity index (χ2v) is 5.90. The van der Waals surface area contributed by atoms with Crippen LogP contribution in [-0.4, -0.2) is 24.3 Å². The van der Waals surface area contributed by atoms with E-state index in [1.165, 1.54) is 18.2 Å². The third kappa shape index (κ3) is 6.78. The molecule has 0 saturated heterocycles. The minimum absolute atomic E-state index is 0.0440. The summed E-state index contributed by atoms with van der Waals surface area (Å²) < 4.78 is 13.5. The zero-order chi connectivity index (χ0) is 15.8. The fourth-order valence-electron chi connectivity index (χ4n) is 2.15. The minimum atomic E-state index is -0.538. The number of aliphatic hydroxyl groups excluding tert-OH is 1. The van der Waals surface area contributed by atoms with Crippen molar-refractivity contribution >= 4 is 23.3 Å². The molecule has 1 unspecified atom stereocenters. The molecule has 0 fully saturated rings. The third-order valence-electron chi connectivity index (χ3n) is 3.07. The van der Waals surface area contributed by atoms with E-state index < -0.39 is 11.8 Å². The van der Waals surface area contributed by atoms with Crippen molar-refractivity contribution in [1.82, 2.24) is 5.32 Å². The molecule has 21 heavy (non-hydrogen) atoms. The van der Waals surface area contributed by atoms with Crippen LogP contribution >= 0.6 is 11.6 Å². The SMILES string of the molecule is CC(C)CC(CCO)CNC(=O)Nc1cc(Cl)ccc1F. The molecule has 118 valence electrons. The van der Waals surface area contributed by atoms with Crippen LogP contribution in [0.4, 0.5) is 14.9 Å². The molecule has 1 atom stereocenters.